The third kappa shape index (κ3) is 3.78. The molecule has 1 fully saturated rings. The summed E-state index contributed by atoms with van der Waals surface area (Å²) in [5.74, 6) is 0. The number of benzene rings is 1. The summed E-state index contributed by atoms with van der Waals surface area (Å²) in [7, 11) is -3.50. The number of nitrogens with zero attached hydrogens (tertiary/aromatic N) is 3. The summed E-state index contributed by atoms with van der Waals surface area (Å²) in [6.45, 7) is 3.50. The zero-order valence-corrected chi connectivity index (χ0v) is 13.7. The van der Waals surface area contributed by atoms with E-state index in [0.717, 1.165) is 11.3 Å². The van der Waals surface area contributed by atoms with Gasteiger partial charge in [-0.25, -0.2) is 4.98 Å². The van der Waals surface area contributed by atoms with Crippen molar-refractivity contribution >= 4 is 10.2 Å². The van der Waals surface area contributed by atoms with E-state index in [1.807, 2.05) is 42.0 Å². The van der Waals surface area contributed by atoms with E-state index in [0.29, 0.717) is 26.3 Å². The SMILES string of the molecule is CC(NS(=O)(=O)N1CCOCC1)c1ccc(-n2ccnc2)cc1. The van der Waals surface area contributed by atoms with E-state index in [2.05, 4.69) is 9.71 Å². The van der Waals surface area contributed by atoms with Gasteiger partial charge in [0.1, 0.15) is 0 Å². The lowest BCUT2D eigenvalue weighted by Gasteiger charge is -2.27. The van der Waals surface area contributed by atoms with E-state index in [1.54, 1.807) is 12.5 Å². The minimum atomic E-state index is -3.50. The third-order valence-corrected chi connectivity index (χ3v) is 5.53. The van der Waals surface area contributed by atoms with E-state index in [1.165, 1.54) is 4.31 Å². The molecular weight excluding hydrogens is 316 g/mol. The Morgan fingerprint density at radius 1 is 1.22 bits per heavy atom. The third-order valence-electron chi connectivity index (χ3n) is 3.83. The van der Waals surface area contributed by atoms with Crippen LogP contribution >= 0.6 is 0 Å². The van der Waals surface area contributed by atoms with Crippen LogP contribution in [0.5, 0.6) is 0 Å². The fraction of sp³-hybridized carbons (Fsp3) is 0.400. The molecule has 0 saturated carbocycles. The quantitative estimate of drug-likeness (QED) is 0.887. The molecule has 1 N–H and O–H groups in total. The Kier molecular flexibility index (Phi) is 4.76. The number of rotatable bonds is 5. The van der Waals surface area contributed by atoms with E-state index < -0.39 is 10.2 Å². The maximum absolute atomic E-state index is 12.4. The average molecular weight is 336 g/mol. The Balaban J connectivity index is 1.69. The number of morpholine rings is 1. The minimum absolute atomic E-state index is 0.306. The van der Waals surface area contributed by atoms with E-state index in [9.17, 15) is 8.42 Å². The van der Waals surface area contributed by atoms with E-state index in [-0.39, 0.29) is 6.04 Å². The van der Waals surface area contributed by atoms with Gasteiger partial charge in [-0.2, -0.15) is 17.4 Å². The predicted octanol–water partition coefficient (Wildman–Crippen LogP) is 1.10. The molecule has 0 spiro atoms. The maximum atomic E-state index is 12.4. The van der Waals surface area contributed by atoms with Gasteiger partial charge >= 0.3 is 0 Å². The Morgan fingerprint density at radius 2 is 1.91 bits per heavy atom. The molecule has 1 aromatic carbocycles. The van der Waals surface area contributed by atoms with Crippen LogP contribution in [0, 0.1) is 0 Å². The molecule has 23 heavy (non-hydrogen) atoms. The lowest BCUT2D eigenvalue weighted by Crippen LogP contribution is -2.47. The molecular formula is C15H20N4O3S. The van der Waals surface area contributed by atoms with Gasteiger partial charge in [-0.05, 0) is 24.6 Å². The van der Waals surface area contributed by atoms with Crippen LogP contribution in [0.2, 0.25) is 0 Å². The fourth-order valence-corrected chi connectivity index (χ4v) is 3.86. The van der Waals surface area contributed by atoms with Crippen LogP contribution in [0.1, 0.15) is 18.5 Å². The van der Waals surface area contributed by atoms with Gasteiger partial charge in [0.2, 0.25) is 0 Å². The Bertz CT molecular complexity index is 723. The monoisotopic (exact) mass is 336 g/mol. The molecule has 1 aliphatic heterocycles. The van der Waals surface area contributed by atoms with Gasteiger partial charge in [0.15, 0.2) is 0 Å². The number of aromatic nitrogens is 2. The molecule has 3 rings (SSSR count). The van der Waals surface area contributed by atoms with Gasteiger partial charge in [-0.3, -0.25) is 0 Å². The average Bonchev–Trinajstić information content (AvgIpc) is 3.10. The van der Waals surface area contributed by atoms with Crippen LogP contribution in [0.25, 0.3) is 5.69 Å². The Morgan fingerprint density at radius 3 is 2.52 bits per heavy atom. The van der Waals surface area contributed by atoms with Gasteiger partial charge < -0.3 is 9.30 Å². The molecule has 0 aliphatic carbocycles. The first kappa shape index (κ1) is 16.1. The highest BCUT2D eigenvalue weighted by Crippen LogP contribution is 2.17. The van der Waals surface area contributed by atoms with Crippen LogP contribution in [0.3, 0.4) is 0 Å². The molecule has 1 aromatic heterocycles. The highest BCUT2D eigenvalue weighted by atomic mass is 32.2. The minimum Gasteiger partial charge on any atom is -0.379 e. The number of hydrogen-bond acceptors (Lipinski definition) is 4. The van der Waals surface area contributed by atoms with E-state index in [4.69, 9.17) is 4.74 Å². The van der Waals surface area contributed by atoms with Crippen LogP contribution in [-0.2, 0) is 14.9 Å². The summed E-state index contributed by atoms with van der Waals surface area (Å²) in [5.41, 5.74) is 1.89. The maximum Gasteiger partial charge on any atom is 0.280 e. The molecule has 0 amide bonds. The van der Waals surface area contributed by atoms with Crippen LogP contribution in [0.4, 0.5) is 0 Å². The molecule has 2 heterocycles. The Hall–Kier alpha value is -1.74. The second-order valence-electron chi connectivity index (χ2n) is 5.42. The number of imidazole rings is 1. The van der Waals surface area contributed by atoms with Gasteiger partial charge in [-0.1, -0.05) is 12.1 Å². The standard InChI is InChI=1S/C15H20N4O3S/c1-13(17-23(20,21)19-8-10-22-11-9-19)14-2-4-15(5-3-14)18-7-6-16-12-18/h2-7,12-13,17H,8-11H2,1H3. The smallest absolute Gasteiger partial charge is 0.280 e. The molecule has 7 nitrogen and oxygen atoms in total. The summed E-state index contributed by atoms with van der Waals surface area (Å²) >= 11 is 0. The van der Waals surface area contributed by atoms with Crippen molar-refractivity contribution < 1.29 is 13.2 Å². The van der Waals surface area contributed by atoms with Crippen LogP contribution in [0.15, 0.2) is 43.0 Å². The summed E-state index contributed by atoms with van der Waals surface area (Å²) < 4.78 is 36.0. The summed E-state index contributed by atoms with van der Waals surface area (Å²) in [6.07, 6.45) is 5.30. The zero-order chi connectivity index (χ0) is 16.3. The number of nitrogens with one attached hydrogen (secondary N) is 1. The van der Waals surface area contributed by atoms with Crippen molar-refractivity contribution in [3.8, 4) is 5.69 Å². The topological polar surface area (TPSA) is 76.5 Å². The molecule has 1 unspecified atom stereocenters. The summed E-state index contributed by atoms with van der Waals surface area (Å²) in [5, 5.41) is 0. The molecule has 1 saturated heterocycles. The first-order valence-corrected chi connectivity index (χ1v) is 8.94. The Labute approximate surface area is 136 Å². The van der Waals surface area contributed by atoms with Gasteiger partial charge in [0, 0.05) is 37.2 Å². The van der Waals surface area contributed by atoms with Crippen molar-refractivity contribution in [2.75, 3.05) is 26.3 Å². The van der Waals surface area contributed by atoms with Crippen molar-refractivity contribution in [2.45, 2.75) is 13.0 Å². The fourth-order valence-electron chi connectivity index (χ4n) is 2.50. The molecule has 1 aliphatic rings. The lowest BCUT2D eigenvalue weighted by atomic mass is 10.1. The molecule has 2 aromatic rings. The first-order chi connectivity index (χ1) is 11.1. The van der Waals surface area contributed by atoms with Gasteiger partial charge in [0.05, 0.1) is 19.5 Å². The largest absolute Gasteiger partial charge is 0.379 e. The predicted molar refractivity (Wildman–Crippen MR) is 86.4 cm³/mol. The van der Waals surface area contributed by atoms with Gasteiger partial charge in [-0.15, -0.1) is 0 Å². The second kappa shape index (κ2) is 6.79. The van der Waals surface area contributed by atoms with Crippen LogP contribution in [-0.4, -0.2) is 48.6 Å². The lowest BCUT2D eigenvalue weighted by molar-refractivity contribution is 0.0723. The summed E-state index contributed by atoms with van der Waals surface area (Å²) in [4.78, 5) is 4.01. The number of ether oxygens (including phenoxy) is 1. The molecule has 0 bridgehead atoms. The van der Waals surface area contributed by atoms with Gasteiger partial charge in [0.25, 0.3) is 10.2 Å². The van der Waals surface area contributed by atoms with Crippen molar-refractivity contribution in [3.63, 3.8) is 0 Å². The molecule has 1 atom stereocenters. The van der Waals surface area contributed by atoms with Crippen molar-refractivity contribution in [1.29, 1.82) is 0 Å². The normalized spacial score (nSPS) is 18.0. The summed E-state index contributed by atoms with van der Waals surface area (Å²) in [6, 6.07) is 7.41. The molecule has 8 heteroatoms. The van der Waals surface area contributed by atoms with Crippen molar-refractivity contribution in [1.82, 2.24) is 18.6 Å². The second-order valence-corrected chi connectivity index (χ2v) is 7.12. The molecule has 0 radical (unpaired) electrons. The zero-order valence-electron chi connectivity index (χ0n) is 12.9. The highest BCUT2D eigenvalue weighted by Gasteiger charge is 2.26. The molecule has 124 valence electrons. The van der Waals surface area contributed by atoms with Crippen LogP contribution < -0.4 is 4.72 Å². The number of hydrogen-bond donors (Lipinski definition) is 1. The first-order valence-electron chi connectivity index (χ1n) is 7.50. The van der Waals surface area contributed by atoms with E-state index >= 15 is 0 Å². The highest BCUT2D eigenvalue weighted by molar-refractivity contribution is 7.87. The van der Waals surface area contributed by atoms with Crippen molar-refractivity contribution in [3.05, 3.63) is 48.5 Å². The van der Waals surface area contributed by atoms with Crippen molar-refractivity contribution in [2.24, 2.45) is 0 Å².